The molecule has 0 aliphatic carbocycles. The van der Waals surface area contributed by atoms with Gasteiger partial charge in [0.05, 0.1) is 6.61 Å². The molecule has 8 heteroatoms. The molecule has 0 fully saturated rings. The van der Waals surface area contributed by atoms with Crippen LogP contribution in [0.25, 0.3) is 0 Å². The molecule has 8 nitrogen and oxygen atoms in total. The van der Waals surface area contributed by atoms with Crippen LogP contribution in [0, 0.1) is 0 Å². The van der Waals surface area contributed by atoms with Gasteiger partial charge in [-0.2, -0.15) is 0 Å². The Morgan fingerprint density at radius 2 is 1.55 bits per heavy atom. The van der Waals surface area contributed by atoms with E-state index in [0.717, 1.165) is 0 Å². The third-order valence-corrected chi connectivity index (χ3v) is 2.89. The second kappa shape index (κ2) is 7.99. The van der Waals surface area contributed by atoms with Crippen LogP contribution in [-0.2, 0) is 16.2 Å². The molecule has 0 unspecified atom stereocenters. The van der Waals surface area contributed by atoms with Crippen molar-refractivity contribution in [1.82, 2.24) is 10.6 Å². The zero-order valence-corrected chi connectivity index (χ0v) is 12.3. The molecule has 0 saturated heterocycles. The highest BCUT2D eigenvalue weighted by Gasteiger charge is 2.20. The molecule has 0 radical (unpaired) electrons. The summed E-state index contributed by atoms with van der Waals surface area (Å²) >= 11 is 0. The van der Waals surface area contributed by atoms with E-state index in [1.54, 1.807) is 24.3 Å². The van der Waals surface area contributed by atoms with Crippen LogP contribution >= 0.6 is 0 Å². The minimum Gasteiger partial charge on any atom is -0.465 e. The van der Waals surface area contributed by atoms with E-state index >= 15 is 0 Å². The number of anilines is 1. The van der Waals surface area contributed by atoms with Gasteiger partial charge in [-0.05, 0) is 31.5 Å². The lowest BCUT2D eigenvalue weighted by molar-refractivity contribution is -0.127. The Hall–Kier alpha value is -2.61. The highest BCUT2D eigenvalue weighted by molar-refractivity contribution is 5.97. The standard InChI is InChI=1S/C14H19N3O5/c1-8(15-12(19)9(2)16-14(21)22)13(20)17-11-5-3-10(7-18)4-6-11/h3-6,8-9,16,18H,7H2,1-2H3,(H,15,19)(H,17,20)(H,21,22)/t8-,9-/m0/s1. The Labute approximate surface area is 127 Å². The van der Waals surface area contributed by atoms with E-state index in [0.29, 0.717) is 11.3 Å². The van der Waals surface area contributed by atoms with E-state index in [-0.39, 0.29) is 6.61 Å². The molecule has 0 spiro atoms. The smallest absolute Gasteiger partial charge is 0.405 e. The first-order chi connectivity index (χ1) is 10.3. The van der Waals surface area contributed by atoms with Gasteiger partial charge in [0.2, 0.25) is 11.8 Å². The van der Waals surface area contributed by atoms with Gasteiger partial charge in [0, 0.05) is 5.69 Å². The maximum Gasteiger partial charge on any atom is 0.405 e. The molecule has 5 N–H and O–H groups in total. The predicted molar refractivity (Wildman–Crippen MR) is 79.2 cm³/mol. The average Bonchev–Trinajstić information content (AvgIpc) is 2.47. The zero-order valence-electron chi connectivity index (χ0n) is 12.3. The molecule has 0 saturated carbocycles. The minimum atomic E-state index is -1.32. The monoisotopic (exact) mass is 309 g/mol. The molecular weight excluding hydrogens is 290 g/mol. The fourth-order valence-electron chi connectivity index (χ4n) is 1.60. The van der Waals surface area contributed by atoms with Gasteiger partial charge in [0.15, 0.2) is 0 Å². The van der Waals surface area contributed by atoms with Crippen LogP contribution in [-0.4, -0.2) is 40.2 Å². The maximum atomic E-state index is 11.9. The molecular formula is C14H19N3O5. The zero-order chi connectivity index (χ0) is 16.7. The second-order valence-electron chi connectivity index (χ2n) is 4.75. The summed E-state index contributed by atoms with van der Waals surface area (Å²) < 4.78 is 0. The fourth-order valence-corrected chi connectivity index (χ4v) is 1.60. The topological polar surface area (TPSA) is 128 Å². The summed E-state index contributed by atoms with van der Waals surface area (Å²) in [5, 5.41) is 24.5. The van der Waals surface area contributed by atoms with Crippen molar-refractivity contribution in [2.24, 2.45) is 0 Å². The van der Waals surface area contributed by atoms with Gasteiger partial charge in [-0.25, -0.2) is 4.79 Å². The summed E-state index contributed by atoms with van der Waals surface area (Å²) in [6.07, 6.45) is -1.32. The lowest BCUT2D eigenvalue weighted by Gasteiger charge is -2.17. The van der Waals surface area contributed by atoms with Gasteiger partial charge in [-0.3, -0.25) is 9.59 Å². The summed E-state index contributed by atoms with van der Waals surface area (Å²) in [6.45, 7) is 2.78. The van der Waals surface area contributed by atoms with E-state index in [9.17, 15) is 14.4 Å². The van der Waals surface area contributed by atoms with Gasteiger partial charge in [0.1, 0.15) is 12.1 Å². The molecule has 0 aliphatic heterocycles. The number of carboxylic acid groups (broad SMARTS) is 1. The number of hydrogen-bond acceptors (Lipinski definition) is 4. The molecule has 3 amide bonds. The predicted octanol–water partition coefficient (Wildman–Crippen LogP) is 0.278. The van der Waals surface area contributed by atoms with Crippen molar-refractivity contribution in [3.05, 3.63) is 29.8 Å². The SMILES string of the molecule is C[C@H](NC(=O)O)C(=O)N[C@@H](C)C(=O)Nc1ccc(CO)cc1. The Kier molecular flexibility index (Phi) is 6.33. The van der Waals surface area contributed by atoms with Crippen molar-refractivity contribution in [2.75, 3.05) is 5.32 Å². The third-order valence-electron chi connectivity index (χ3n) is 2.89. The van der Waals surface area contributed by atoms with E-state index in [1.165, 1.54) is 13.8 Å². The first-order valence-electron chi connectivity index (χ1n) is 6.64. The number of amides is 3. The van der Waals surface area contributed by atoms with Gasteiger partial charge in [0.25, 0.3) is 0 Å². The van der Waals surface area contributed by atoms with Gasteiger partial charge in [-0.15, -0.1) is 0 Å². The highest BCUT2D eigenvalue weighted by Crippen LogP contribution is 2.09. The summed E-state index contributed by atoms with van der Waals surface area (Å²) in [4.78, 5) is 34.1. The normalized spacial score (nSPS) is 12.9. The van der Waals surface area contributed by atoms with E-state index in [4.69, 9.17) is 10.2 Å². The minimum absolute atomic E-state index is 0.0881. The van der Waals surface area contributed by atoms with Crippen LogP contribution in [0.4, 0.5) is 10.5 Å². The van der Waals surface area contributed by atoms with Crippen molar-refractivity contribution >= 4 is 23.6 Å². The van der Waals surface area contributed by atoms with Crippen LogP contribution in [0.5, 0.6) is 0 Å². The Bertz CT molecular complexity index is 544. The maximum absolute atomic E-state index is 11.9. The molecule has 0 heterocycles. The molecule has 2 atom stereocenters. The number of aliphatic hydroxyl groups excluding tert-OH is 1. The fraction of sp³-hybridized carbons (Fsp3) is 0.357. The summed E-state index contributed by atoms with van der Waals surface area (Å²) in [7, 11) is 0. The highest BCUT2D eigenvalue weighted by atomic mass is 16.4. The van der Waals surface area contributed by atoms with E-state index in [2.05, 4.69) is 10.6 Å². The quantitative estimate of drug-likeness (QED) is 0.515. The van der Waals surface area contributed by atoms with Crippen LogP contribution < -0.4 is 16.0 Å². The average molecular weight is 309 g/mol. The molecule has 1 aromatic rings. The molecule has 0 aromatic heterocycles. The van der Waals surface area contributed by atoms with Crippen molar-refractivity contribution in [3.8, 4) is 0 Å². The van der Waals surface area contributed by atoms with E-state index < -0.39 is 30.0 Å². The second-order valence-corrected chi connectivity index (χ2v) is 4.75. The largest absolute Gasteiger partial charge is 0.465 e. The first kappa shape index (κ1) is 17.4. The van der Waals surface area contributed by atoms with Crippen molar-refractivity contribution in [1.29, 1.82) is 0 Å². The number of carbonyl (C=O) groups excluding carboxylic acids is 2. The summed E-state index contributed by atoms with van der Waals surface area (Å²) in [5.74, 6) is -1.03. The Balaban J connectivity index is 2.53. The molecule has 1 aromatic carbocycles. The van der Waals surface area contributed by atoms with Gasteiger partial charge in [-0.1, -0.05) is 12.1 Å². The van der Waals surface area contributed by atoms with Crippen molar-refractivity contribution < 1.29 is 24.6 Å². The number of benzene rings is 1. The van der Waals surface area contributed by atoms with Crippen LogP contribution in [0.1, 0.15) is 19.4 Å². The molecule has 0 aliphatic rings. The third kappa shape index (κ3) is 5.41. The summed E-state index contributed by atoms with van der Waals surface area (Å²) in [5.41, 5.74) is 1.24. The van der Waals surface area contributed by atoms with Gasteiger partial charge < -0.3 is 26.2 Å². The number of aliphatic hydroxyl groups is 1. The van der Waals surface area contributed by atoms with Crippen molar-refractivity contribution in [2.45, 2.75) is 32.5 Å². The number of rotatable bonds is 6. The van der Waals surface area contributed by atoms with Crippen LogP contribution in [0.2, 0.25) is 0 Å². The molecule has 120 valence electrons. The van der Waals surface area contributed by atoms with E-state index in [1.807, 2.05) is 5.32 Å². The van der Waals surface area contributed by atoms with Crippen LogP contribution in [0.15, 0.2) is 24.3 Å². The summed E-state index contributed by atoms with van der Waals surface area (Å²) in [6, 6.07) is 4.80. The van der Waals surface area contributed by atoms with Crippen LogP contribution in [0.3, 0.4) is 0 Å². The molecule has 22 heavy (non-hydrogen) atoms. The number of nitrogens with one attached hydrogen (secondary N) is 3. The first-order valence-corrected chi connectivity index (χ1v) is 6.64. The molecule has 0 bridgehead atoms. The Morgan fingerprint density at radius 3 is 2.05 bits per heavy atom. The number of hydrogen-bond donors (Lipinski definition) is 5. The lowest BCUT2D eigenvalue weighted by atomic mass is 10.2. The Morgan fingerprint density at radius 1 is 1.00 bits per heavy atom. The van der Waals surface area contributed by atoms with Crippen molar-refractivity contribution in [3.63, 3.8) is 0 Å². The van der Waals surface area contributed by atoms with Gasteiger partial charge >= 0.3 is 6.09 Å². The number of carbonyl (C=O) groups is 3. The molecule has 1 rings (SSSR count). The lowest BCUT2D eigenvalue weighted by Crippen LogP contribution is -2.50.